The maximum Gasteiger partial charge on any atom is 0.253 e. The predicted molar refractivity (Wildman–Crippen MR) is 69.2 cm³/mol. The van der Waals surface area contributed by atoms with Crippen molar-refractivity contribution in [2.24, 2.45) is 0 Å². The van der Waals surface area contributed by atoms with Crippen molar-refractivity contribution in [3.05, 3.63) is 53.8 Å². The first kappa shape index (κ1) is 14.2. The first-order valence-corrected chi connectivity index (χ1v) is 6.30. The summed E-state index contributed by atoms with van der Waals surface area (Å²) in [6.07, 6.45) is 1.98. The molecule has 3 heterocycles. The Balaban J connectivity index is 1.77. The third-order valence-corrected chi connectivity index (χ3v) is 3.03. The number of fused-ring (bicyclic) bond motifs is 1. The summed E-state index contributed by atoms with van der Waals surface area (Å²) in [6.45, 7) is 0.00637. The van der Waals surface area contributed by atoms with Gasteiger partial charge < -0.3 is 5.32 Å². The molecule has 3 aromatic heterocycles. The van der Waals surface area contributed by atoms with Gasteiger partial charge in [-0.2, -0.15) is 22.5 Å². The molecule has 5 nitrogen and oxygen atoms in total. The minimum Gasteiger partial charge on any atom is -0.380 e. The number of hydrogen-bond acceptors (Lipinski definition) is 4. The van der Waals surface area contributed by atoms with Crippen molar-refractivity contribution < 1.29 is 17.6 Å². The van der Waals surface area contributed by atoms with E-state index in [0.717, 1.165) is 0 Å². The van der Waals surface area contributed by atoms with Crippen LogP contribution in [0.1, 0.15) is 5.82 Å². The Kier molecular flexibility index (Phi) is 3.61. The molecule has 0 atom stereocenters. The number of hydrogen-bond donors (Lipinski definition) is 1. The van der Waals surface area contributed by atoms with E-state index in [-0.39, 0.29) is 13.0 Å². The number of anilines is 1. The Hall–Kier alpha value is -2.71. The molecule has 0 saturated heterocycles. The average molecular weight is 311 g/mol. The normalized spacial score (nSPS) is 11.1. The second-order valence-electron chi connectivity index (χ2n) is 4.42. The fourth-order valence-corrected chi connectivity index (χ4v) is 2.00. The number of nitrogens with zero attached hydrogens (tertiary/aromatic N) is 4. The molecule has 3 rings (SSSR count). The molecule has 0 spiro atoms. The molecule has 0 aliphatic carbocycles. The van der Waals surface area contributed by atoms with Gasteiger partial charge in [0.15, 0.2) is 5.65 Å². The van der Waals surface area contributed by atoms with Crippen LogP contribution in [0.2, 0.25) is 0 Å². The molecule has 22 heavy (non-hydrogen) atoms. The highest BCUT2D eigenvalue weighted by atomic mass is 19.2. The summed E-state index contributed by atoms with van der Waals surface area (Å²) in [5, 5.41) is 10.2. The van der Waals surface area contributed by atoms with E-state index >= 15 is 0 Å². The topological polar surface area (TPSA) is 55.1 Å². The van der Waals surface area contributed by atoms with Crippen molar-refractivity contribution in [2.75, 3.05) is 11.9 Å². The third kappa shape index (κ3) is 2.45. The second kappa shape index (κ2) is 5.58. The van der Waals surface area contributed by atoms with Crippen LogP contribution in [0.4, 0.5) is 23.2 Å². The van der Waals surface area contributed by atoms with E-state index in [1.165, 1.54) is 0 Å². The van der Waals surface area contributed by atoms with Gasteiger partial charge in [-0.3, -0.25) is 4.40 Å². The summed E-state index contributed by atoms with van der Waals surface area (Å²) in [7, 11) is 0. The summed E-state index contributed by atoms with van der Waals surface area (Å²) in [4.78, 5) is 2.48. The zero-order chi connectivity index (χ0) is 15.7. The summed E-state index contributed by atoms with van der Waals surface area (Å²) < 4.78 is 54.5. The van der Waals surface area contributed by atoms with Crippen molar-refractivity contribution in [1.29, 1.82) is 0 Å². The Morgan fingerprint density at radius 2 is 1.73 bits per heavy atom. The lowest BCUT2D eigenvalue weighted by Crippen LogP contribution is -2.13. The maximum atomic E-state index is 13.4. The van der Waals surface area contributed by atoms with Gasteiger partial charge in [-0.25, -0.2) is 0 Å². The van der Waals surface area contributed by atoms with Gasteiger partial charge in [-0.05, 0) is 12.1 Å². The molecule has 0 aromatic carbocycles. The molecule has 0 amide bonds. The monoisotopic (exact) mass is 311 g/mol. The quantitative estimate of drug-likeness (QED) is 0.593. The van der Waals surface area contributed by atoms with Gasteiger partial charge in [-0.1, -0.05) is 6.07 Å². The molecule has 0 bridgehead atoms. The van der Waals surface area contributed by atoms with E-state index in [1.807, 2.05) is 0 Å². The van der Waals surface area contributed by atoms with Gasteiger partial charge in [0.1, 0.15) is 11.5 Å². The van der Waals surface area contributed by atoms with Gasteiger partial charge in [0.25, 0.3) is 11.9 Å². The Morgan fingerprint density at radius 3 is 2.45 bits per heavy atom. The molecule has 9 heteroatoms. The number of pyridine rings is 2. The minimum absolute atomic E-state index is 0.00637. The van der Waals surface area contributed by atoms with Crippen LogP contribution in [0.15, 0.2) is 24.4 Å². The lowest BCUT2D eigenvalue weighted by molar-refractivity contribution is 0.410. The second-order valence-corrected chi connectivity index (χ2v) is 4.42. The van der Waals surface area contributed by atoms with Crippen LogP contribution in [-0.2, 0) is 6.42 Å². The molecular formula is C13H9F4N5. The van der Waals surface area contributed by atoms with Crippen LogP contribution in [0.3, 0.4) is 0 Å². The molecule has 0 aliphatic rings. The zero-order valence-electron chi connectivity index (χ0n) is 11.0. The van der Waals surface area contributed by atoms with Gasteiger partial charge >= 0.3 is 0 Å². The lowest BCUT2D eigenvalue weighted by Gasteiger charge is -2.08. The minimum atomic E-state index is -1.70. The Labute approximate surface area is 121 Å². The van der Waals surface area contributed by atoms with Crippen molar-refractivity contribution >= 4 is 11.3 Å². The van der Waals surface area contributed by atoms with Gasteiger partial charge in [0.2, 0.25) is 11.6 Å². The fourth-order valence-electron chi connectivity index (χ4n) is 2.00. The Morgan fingerprint density at radius 1 is 1.00 bits per heavy atom. The van der Waals surface area contributed by atoms with E-state index < -0.39 is 29.2 Å². The zero-order valence-corrected chi connectivity index (χ0v) is 11.0. The fraction of sp³-hybridized carbons (Fsp3) is 0.154. The van der Waals surface area contributed by atoms with Crippen LogP contribution in [-0.4, -0.2) is 26.1 Å². The highest BCUT2D eigenvalue weighted by Gasteiger charge is 2.20. The molecule has 3 aromatic rings. The summed E-state index contributed by atoms with van der Waals surface area (Å²) in [5.74, 6) is -5.99. The number of halogens is 4. The average Bonchev–Trinajstić information content (AvgIpc) is 2.92. The van der Waals surface area contributed by atoms with E-state index in [2.05, 4.69) is 20.5 Å². The predicted octanol–water partition coefficient (Wildman–Crippen LogP) is 2.34. The molecule has 0 unspecified atom stereocenters. The largest absolute Gasteiger partial charge is 0.380 e. The van der Waals surface area contributed by atoms with Crippen LogP contribution in [0.25, 0.3) is 5.65 Å². The van der Waals surface area contributed by atoms with Crippen molar-refractivity contribution in [3.63, 3.8) is 0 Å². The summed E-state index contributed by atoms with van der Waals surface area (Å²) in [6, 6.07) is 5.32. The maximum absolute atomic E-state index is 13.4. The smallest absolute Gasteiger partial charge is 0.253 e. The molecule has 114 valence electrons. The standard InChI is InChI=1S/C13H9F4N5/c14-9-11(10(15)13(17)19-12(9)16)18-5-4-8-21-20-7-3-1-2-6-22(7)8/h1-3,6H,4-5H2,(H,18,19). The number of rotatable bonds is 4. The van der Waals surface area contributed by atoms with Crippen LogP contribution >= 0.6 is 0 Å². The molecule has 1 N–H and O–H groups in total. The van der Waals surface area contributed by atoms with Crippen LogP contribution in [0.5, 0.6) is 0 Å². The molecule has 0 saturated carbocycles. The summed E-state index contributed by atoms with van der Waals surface area (Å²) >= 11 is 0. The first-order valence-electron chi connectivity index (χ1n) is 6.30. The molecular weight excluding hydrogens is 302 g/mol. The van der Waals surface area contributed by atoms with Gasteiger partial charge in [-0.15, -0.1) is 10.2 Å². The van der Waals surface area contributed by atoms with E-state index in [4.69, 9.17) is 0 Å². The van der Waals surface area contributed by atoms with Gasteiger partial charge in [0, 0.05) is 19.2 Å². The molecule has 0 aliphatic heterocycles. The van der Waals surface area contributed by atoms with E-state index in [0.29, 0.717) is 11.5 Å². The first-order chi connectivity index (χ1) is 10.6. The number of aromatic nitrogens is 4. The third-order valence-electron chi connectivity index (χ3n) is 3.03. The Bertz CT molecular complexity index is 806. The van der Waals surface area contributed by atoms with Crippen molar-refractivity contribution in [3.8, 4) is 0 Å². The highest BCUT2D eigenvalue weighted by Crippen LogP contribution is 2.21. The van der Waals surface area contributed by atoms with Crippen LogP contribution in [0, 0.1) is 23.5 Å². The molecule has 0 fully saturated rings. The SMILES string of the molecule is Fc1nc(F)c(F)c(NCCc2nnc3ccccn23)c1F. The van der Waals surface area contributed by atoms with Crippen molar-refractivity contribution in [1.82, 2.24) is 19.6 Å². The summed E-state index contributed by atoms with van der Waals surface area (Å²) in [5.41, 5.74) is -0.269. The van der Waals surface area contributed by atoms with E-state index in [1.54, 1.807) is 28.8 Å². The lowest BCUT2D eigenvalue weighted by atomic mass is 10.3. The highest BCUT2D eigenvalue weighted by molar-refractivity contribution is 5.45. The van der Waals surface area contributed by atoms with E-state index in [9.17, 15) is 17.6 Å². The van der Waals surface area contributed by atoms with Crippen molar-refractivity contribution in [2.45, 2.75) is 6.42 Å². The number of nitrogens with one attached hydrogen (secondary N) is 1. The van der Waals surface area contributed by atoms with Crippen LogP contribution < -0.4 is 5.32 Å². The van der Waals surface area contributed by atoms with Gasteiger partial charge in [0.05, 0.1) is 0 Å². The molecule has 0 radical (unpaired) electrons.